The summed E-state index contributed by atoms with van der Waals surface area (Å²) in [7, 11) is 0. The summed E-state index contributed by atoms with van der Waals surface area (Å²) >= 11 is 0. The Morgan fingerprint density at radius 1 is 1.18 bits per heavy atom. The lowest BCUT2D eigenvalue weighted by atomic mass is 10.4. The molecule has 1 rings (SSSR count). The van der Waals surface area contributed by atoms with Crippen LogP contribution in [0.25, 0.3) is 0 Å². The van der Waals surface area contributed by atoms with Gasteiger partial charge in [-0.25, -0.2) is 4.79 Å². The highest BCUT2D eigenvalue weighted by Gasteiger charge is 2.32. The van der Waals surface area contributed by atoms with Gasteiger partial charge in [0, 0.05) is 19.4 Å². The van der Waals surface area contributed by atoms with Gasteiger partial charge in [0.15, 0.2) is 0 Å². The van der Waals surface area contributed by atoms with E-state index >= 15 is 0 Å². The van der Waals surface area contributed by atoms with Crippen molar-refractivity contribution in [2.75, 3.05) is 26.4 Å². The molecule has 0 aliphatic carbocycles. The highest BCUT2D eigenvalue weighted by Crippen LogP contribution is 2.11. The van der Waals surface area contributed by atoms with Crippen LogP contribution in [-0.2, 0) is 28.7 Å². The highest BCUT2D eigenvalue weighted by atomic mass is 16.7. The molecule has 0 spiro atoms. The standard InChI is InChI=1S/C10H15NO6/c1-2-15-5-6-16-7-10(14)17-11-8(12)3-4-9(11)13/h2-7H2,1H3. The number of hydroxylamine groups is 2. The number of amides is 2. The Hall–Kier alpha value is -1.47. The molecule has 1 aliphatic rings. The van der Waals surface area contributed by atoms with E-state index < -0.39 is 17.8 Å². The van der Waals surface area contributed by atoms with Crippen molar-refractivity contribution in [2.24, 2.45) is 0 Å². The molecule has 1 saturated heterocycles. The van der Waals surface area contributed by atoms with Gasteiger partial charge in [-0.3, -0.25) is 9.59 Å². The van der Waals surface area contributed by atoms with E-state index in [0.29, 0.717) is 18.3 Å². The van der Waals surface area contributed by atoms with Crippen LogP contribution in [-0.4, -0.2) is 49.3 Å². The summed E-state index contributed by atoms with van der Waals surface area (Å²) in [6.07, 6.45) is 0.161. The molecule has 1 heterocycles. The van der Waals surface area contributed by atoms with Gasteiger partial charge in [-0.2, -0.15) is 0 Å². The van der Waals surface area contributed by atoms with Crippen LogP contribution < -0.4 is 0 Å². The van der Waals surface area contributed by atoms with E-state index in [4.69, 9.17) is 9.47 Å². The zero-order chi connectivity index (χ0) is 12.7. The third kappa shape index (κ3) is 4.49. The molecular weight excluding hydrogens is 230 g/mol. The molecule has 1 fully saturated rings. The monoisotopic (exact) mass is 245 g/mol. The number of carbonyl (C=O) groups excluding carboxylic acids is 3. The van der Waals surface area contributed by atoms with Gasteiger partial charge < -0.3 is 14.3 Å². The maximum Gasteiger partial charge on any atom is 0.358 e. The smallest absolute Gasteiger partial charge is 0.358 e. The number of nitrogens with zero attached hydrogens (tertiary/aromatic N) is 1. The Bertz CT molecular complexity index is 287. The van der Waals surface area contributed by atoms with Crippen LogP contribution in [0.3, 0.4) is 0 Å². The first-order valence-corrected chi connectivity index (χ1v) is 5.37. The molecule has 7 heteroatoms. The molecule has 96 valence electrons. The first-order valence-electron chi connectivity index (χ1n) is 5.37. The Kier molecular flexibility index (Phi) is 5.58. The Labute approximate surface area is 98.6 Å². The van der Waals surface area contributed by atoms with Crippen LogP contribution in [0.5, 0.6) is 0 Å². The van der Waals surface area contributed by atoms with Gasteiger partial charge >= 0.3 is 5.97 Å². The quantitative estimate of drug-likeness (QED) is 0.450. The van der Waals surface area contributed by atoms with Crippen LogP contribution in [0.15, 0.2) is 0 Å². The molecule has 7 nitrogen and oxygen atoms in total. The molecule has 0 radical (unpaired) electrons. The van der Waals surface area contributed by atoms with Crippen molar-refractivity contribution in [2.45, 2.75) is 19.8 Å². The van der Waals surface area contributed by atoms with Gasteiger partial charge in [-0.1, -0.05) is 0 Å². The van der Waals surface area contributed by atoms with E-state index in [1.165, 1.54) is 0 Å². The minimum Gasteiger partial charge on any atom is -0.379 e. The van der Waals surface area contributed by atoms with E-state index in [-0.39, 0.29) is 26.1 Å². The van der Waals surface area contributed by atoms with Crippen LogP contribution in [0.1, 0.15) is 19.8 Å². The zero-order valence-corrected chi connectivity index (χ0v) is 9.64. The summed E-state index contributed by atoms with van der Waals surface area (Å²) in [4.78, 5) is 38.0. The SMILES string of the molecule is CCOCCOCC(=O)ON1C(=O)CCC1=O. The fourth-order valence-electron chi connectivity index (χ4n) is 1.20. The second-order valence-electron chi connectivity index (χ2n) is 3.29. The van der Waals surface area contributed by atoms with Crippen molar-refractivity contribution in [3.05, 3.63) is 0 Å². The van der Waals surface area contributed by atoms with Gasteiger partial charge in [-0.05, 0) is 6.92 Å². The fraction of sp³-hybridized carbons (Fsp3) is 0.700. The van der Waals surface area contributed by atoms with Gasteiger partial charge in [0.05, 0.1) is 13.2 Å². The average molecular weight is 245 g/mol. The number of ether oxygens (including phenoxy) is 2. The van der Waals surface area contributed by atoms with Crippen molar-refractivity contribution in [3.63, 3.8) is 0 Å². The van der Waals surface area contributed by atoms with Crippen molar-refractivity contribution in [1.29, 1.82) is 0 Å². The molecule has 1 aliphatic heterocycles. The second-order valence-corrected chi connectivity index (χ2v) is 3.29. The van der Waals surface area contributed by atoms with Crippen LogP contribution in [0.4, 0.5) is 0 Å². The van der Waals surface area contributed by atoms with Crippen molar-refractivity contribution in [1.82, 2.24) is 5.06 Å². The summed E-state index contributed by atoms with van der Waals surface area (Å²) in [5, 5.41) is 0.494. The van der Waals surface area contributed by atoms with Gasteiger partial charge in [0.2, 0.25) is 0 Å². The normalized spacial score (nSPS) is 15.5. The molecule has 0 saturated carbocycles. The van der Waals surface area contributed by atoms with Gasteiger partial charge in [0.25, 0.3) is 11.8 Å². The maximum absolute atomic E-state index is 11.2. The predicted octanol–water partition coefficient (Wildman–Crippen LogP) is -0.353. The number of hydrogen-bond donors (Lipinski definition) is 0. The first-order chi connectivity index (χ1) is 8.15. The third-order valence-corrected chi connectivity index (χ3v) is 1.99. The lowest BCUT2D eigenvalue weighted by Crippen LogP contribution is -2.33. The molecule has 0 atom stereocenters. The molecule has 2 amide bonds. The molecule has 0 bridgehead atoms. The van der Waals surface area contributed by atoms with Crippen molar-refractivity contribution in [3.8, 4) is 0 Å². The molecule has 17 heavy (non-hydrogen) atoms. The largest absolute Gasteiger partial charge is 0.379 e. The molecular formula is C10H15NO6. The number of rotatable bonds is 7. The average Bonchev–Trinajstić information content (AvgIpc) is 2.60. The summed E-state index contributed by atoms with van der Waals surface area (Å²) < 4.78 is 9.92. The predicted molar refractivity (Wildman–Crippen MR) is 54.5 cm³/mol. The summed E-state index contributed by atoms with van der Waals surface area (Å²) in [6, 6.07) is 0. The maximum atomic E-state index is 11.2. The first kappa shape index (κ1) is 13.6. The van der Waals surface area contributed by atoms with Crippen molar-refractivity contribution >= 4 is 17.8 Å². The Morgan fingerprint density at radius 2 is 1.76 bits per heavy atom. The topological polar surface area (TPSA) is 82.1 Å². The summed E-state index contributed by atoms with van der Waals surface area (Å²) in [5.41, 5.74) is 0. The second kappa shape index (κ2) is 6.97. The lowest BCUT2D eigenvalue weighted by molar-refractivity contribution is -0.200. The molecule has 0 aromatic carbocycles. The van der Waals surface area contributed by atoms with E-state index in [2.05, 4.69) is 4.84 Å². The van der Waals surface area contributed by atoms with Gasteiger partial charge in [-0.15, -0.1) is 5.06 Å². The number of hydrogen-bond acceptors (Lipinski definition) is 6. The molecule has 0 aromatic rings. The number of carbonyl (C=O) groups is 3. The lowest BCUT2D eigenvalue weighted by Gasteiger charge is -2.12. The Morgan fingerprint density at radius 3 is 2.35 bits per heavy atom. The van der Waals surface area contributed by atoms with E-state index in [1.54, 1.807) is 0 Å². The van der Waals surface area contributed by atoms with E-state index in [1.807, 2.05) is 6.92 Å². The summed E-state index contributed by atoms with van der Waals surface area (Å²) in [6.45, 7) is 2.74. The highest BCUT2D eigenvalue weighted by molar-refractivity contribution is 6.01. The van der Waals surface area contributed by atoms with Crippen LogP contribution in [0.2, 0.25) is 0 Å². The van der Waals surface area contributed by atoms with Gasteiger partial charge in [0.1, 0.15) is 6.61 Å². The van der Waals surface area contributed by atoms with E-state index in [0.717, 1.165) is 0 Å². The van der Waals surface area contributed by atoms with Crippen LogP contribution >= 0.6 is 0 Å². The zero-order valence-electron chi connectivity index (χ0n) is 9.64. The van der Waals surface area contributed by atoms with Crippen molar-refractivity contribution < 1.29 is 28.7 Å². The minimum absolute atomic E-state index is 0.0807. The van der Waals surface area contributed by atoms with E-state index in [9.17, 15) is 14.4 Å². The minimum atomic E-state index is -0.773. The molecule has 0 unspecified atom stereocenters. The Balaban J connectivity index is 2.16. The molecule has 0 N–H and O–H groups in total. The third-order valence-electron chi connectivity index (χ3n) is 1.99. The summed E-state index contributed by atoms with van der Waals surface area (Å²) in [5.74, 6) is -1.78. The fourth-order valence-corrected chi connectivity index (χ4v) is 1.20. The number of imide groups is 1. The van der Waals surface area contributed by atoms with Crippen LogP contribution in [0, 0.1) is 0 Å². The molecule has 0 aromatic heterocycles.